The topological polar surface area (TPSA) is 93.1 Å². The summed E-state index contributed by atoms with van der Waals surface area (Å²) < 4.78 is 1.84. The Bertz CT molecular complexity index is 1260. The van der Waals surface area contributed by atoms with E-state index in [4.69, 9.17) is 4.98 Å². The van der Waals surface area contributed by atoms with Crippen LogP contribution in [0.4, 0.5) is 11.4 Å². The number of hydrogen-bond donors (Lipinski definition) is 2. The summed E-state index contributed by atoms with van der Waals surface area (Å²) in [6, 6.07) is 7.10. The molecular weight excluding hydrogens is 456 g/mol. The number of aryl methyl sites for hydroxylation is 2. The highest BCUT2D eigenvalue weighted by atomic mass is 32.2. The predicted octanol–water partition coefficient (Wildman–Crippen LogP) is 5.27. The van der Waals surface area contributed by atoms with Crippen molar-refractivity contribution in [1.29, 1.82) is 0 Å². The number of carbonyl (C=O) groups excluding carboxylic acids is 2. The van der Waals surface area contributed by atoms with Gasteiger partial charge in [-0.1, -0.05) is 24.6 Å². The van der Waals surface area contributed by atoms with Crippen LogP contribution >= 0.6 is 23.1 Å². The number of carbonyl (C=O) groups is 2. The van der Waals surface area contributed by atoms with E-state index >= 15 is 0 Å². The smallest absolute Gasteiger partial charge is 0.263 e. The summed E-state index contributed by atoms with van der Waals surface area (Å²) in [6.45, 7) is 7.27. The number of thioether (sulfide) groups is 1. The number of anilines is 2. The minimum absolute atomic E-state index is 0.0115. The molecule has 2 aromatic heterocycles. The zero-order valence-corrected chi connectivity index (χ0v) is 20.9. The van der Waals surface area contributed by atoms with Crippen LogP contribution in [0.25, 0.3) is 10.2 Å². The van der Waals surface area contributed by atoms with E-state index in [-0.39, 0.29) is 23.4 Å². The molecule has 2 amide bonds. The molecular formula is C24H28N4O3S2. The van der Waals surface area contributed by atoms with Crippen molar-refractivity contribution in [3.8, 4) is 0 Å². The summed E-state index contributed by atoms with van der Waals surface area (Å²) >= 11 is 2.86. The van der Waals surface area contributed by atoms with E-state index in [2.05, 4.69) is 10.6 Å². The Labute approximate surface area is 201 Å². The lowest BCUT2D eigenvalue weighted by Crippen LogP contribution is -2.29. The van der Waals surface area contributed by atoms with Gasteiger partial charge in [0.15, 0.2) is 5.16 Å². The third-order valence-electron chi connectivity index (χ3n) is 6.02. The molecule has 0 saturated heterocycles. The van der Waals surface area contributed by atoms with Crippen molar-refractivity contribution >= 4 is 56.5 Å². The lowest BCUT2D eigenvalue weighted by Gasteiger charge is -2.20. The molecule has 1 saturated carbocycles. The maximum absolute atomic E-state index is 13.5. The first kappa shape index (κ1) is 23.5. The molecule has 7 nitrogen and oxygen atoms in total. The van der Waals surface area contributed by atoms with Crippen molar-refractivity contribution in [2.24, 2.45) is 0 Å². The summed E-state index contributed by atoms with van der Waals surface area (Å²) in [5, 5.41) is 6.50. The Kier molecular flexibility index (Phi) is 6.90. The van der Waals surface area contributed by atoms with Gasteiger partial charge in [0.25, 0.3) is 5.56 Å². The Morgan fingerprint density at radius 3 is 2.33 bits per heavy atom. The second kappa shape index (κ2) is 9.69. The van der Waals surface area contributed by atoms with Crippen LogP contribution in [-0.4, -0.2) is 26.6 Å². The summed E-state index contributed by atoms with van der Waals surface area (Å²) in [6.07, 6.45) is 4.13. The summed E-state index contributed by atoms with van der Waals surface area (Å²) in [5.41, 5.74) is 2.33. The first-order valence-corrected chi connectivity index (χ1v) is 12.8. The Hall–Kier alpha value is -2.65. The van der Waals surface area contributed by atoms with Gasteiger partial charge in [-0.3, -0.25) is 19.0 Å². The lowest BCUT2D eigenvalue weighted by atomic mass is 10.2. The lowest BCUT2D eigenvalue weighted by molar-refractivity contribution is -0.115. The van der Waals surface area contributed by atoms with Crippen LogP contribution in [0.5, 0.6) is 0 Å². The molecule has 0 radical (unpaired) electrons. The predicted molar refractivity (Wildman–Crippen MR) is 136 cm³/mol. The average molecular weight is 485 g/mol. The number of benzene rings is 1. The molecule has 1 atom stereocenters. The van der Waals surface area contributed by atoms with Crippen LogP contribution in [0.15, 0.2) is 34.2 Å². The first-order chi connectivity index (χ1) is 15.7. The maximum atomic E-state index is 13.5. The van der Waals surface area contributed by atoms with Crippen LogP contribution in [-0.2, 0) is 9.59 Å². The molecule has 4 rings (SSSR count). The SMILES string of the molecule is CC(=O)Nc1ccc(NC(=O)C(C)Sc2nc3sc(C)c(C)c3c(=O)n2C2CCCC2)cc1. The number of nitrogens with one attached hydrogen (secondary N) is 2. The second-order valence-corrected chi connectivity index (χ2v) is 11.0. The third-order valence-corrected chi connectivity index (χ3v) is 8.18. The highest BCUT2D eigenvalue weighted by Crippen LogP contribution is 2.35. The number of nitrogens with zero attached hydrogens (tertiary/aromatic N) is 2. The Morgan fingerprint density at radius 2 is 1.73 bits per heavy atom. The quantitative estimate of drug-likeness (QED) is 0.367. The molecule has 2 N–H and O–H groups in total. The van der Waals surface area contributed by atoms with Gasteiger partial charge in [-0.15, -0.1) is 11.3 Å². The molecule has 9 heteroatoms. The zero-order valence-electron chi connectivity index (χ0n) is 19.2. The standard InChI is InChI=1S/C24H28N4O3S2/c1-13-14(2)32-22-20(13)23(31)28(19-7-5-6-8-19)24(27-22)33-15(3)21(30)26-18-11-9-17(10-12-18)25-16(4)29/h9-12,15,19H,5-8H2,1-4H3,(H,25,29)(H,26,30). The second-order valence-electron chi connectivity index (χ2n) is 8.48. The molecule has 1 aromatic carbocycles. The van der Waals surface area contributed by atoms with Crippen molar-refractivity contribution in [2.75, 3.05) is 10.6 Å². The van der Waals surface area contributed by atoms with E-state index in [1.807, 2.05) is 25.3 Å². The van der Waals surface area contributed by atoms with E-state index in [9.17, 15) is 14.4 Å². The van der Waals surface area contributed by atoms with E-state index < -0.39 is 5.25 Å². The fourth-order valence-electron chi connectivity index (χ4n) is 4.15. The van der Waals surface area contributed by atoms with Crippen LogP contribution in [0, 0.1) is 13.8 Å². The van der Waals surface area contributed by atoms with Gasteiger partial charge in [0.1, 0.15) is 4.83 Å². The molecule has 1 aliphatic rings. The molecule has 1 unspecified atom stereocenters. The monoisotopic (exact) mass is 484 g/mol. The molecule has 33 heavy (non-hydrogen) atoms. The van der Waals surface area contributed by atoms with Gasteiger partial charge in [-0.05, 0) is 63.4 Å². The van der Waals surface area contributed by atoms with Gasteiger partial charge in [0, 0.05) is 29.2 Å². The number of aromatic nitrogens is 2. The van der Waals surface area contributed by atoms with Crippen molar-refractivity contribution in [1.82, 2.24) is 9.55 Å². The number of rotatable bonds is 6. The van der Waals surface area contributed by atoms with Crippen molar-refractivity contribution in [3.05, 3.63) is 45.1 Å². The first-order valence-electron chi connectivity index (χ1n) is 11.1. The van der Waals surface area contributed by atoms with E-state index in [0.29, 0.717) is 21.9 Å². The van der Waals surface area contributed by atoms with Crippen molar-refractivity contribution in [2.45, 2.75) is 69.8 Å². The molecule has 0 bridgehead atoms. The van der Waals surface area contributed by atoms with Gasteiger partial charge >= 0.3 is 0 Å². The van der Waals surface area contributed by atoms with Crippen LogP contribution in [0.1, 0.15) is 56.0 Å². The summed E-state index contributed by atoms with van der Waals surface area (Å²) in [4.78, 5) is 44.3. The van der Waals surface area contributed by atoms with Gasteiger partial charge in [-0.25, -0.2) is 4.98 Å². The van der Waals surface area contributed by atoms with Gasteiger partial charge in [0.05, 0.1) is 10.6 Å². The highest BCUT2D eigenvalue weighted by Gasteiger charge is 2.27. The summed E-state index contributed by atoms with van der Waals surface area (Å²) in [7, 11) is 0. The highest BCUT2D eigenvalue weighted by molar-refractivity contribution is 8.00. The average Bonchev–Trinajstić information content (AvgIpc) is 3.37. The number of thiophene rings is 1. The van der Waals surface area contributed by atoms with E-state index in [0.717, 1.165) is 41.0 Å². The van der Waals surface area contributed by atoms with Crippen LogP contribution in [0.2, 0.25) is 0 Å². The number of amides is 2. The number of hydrogen-bond acceptors (Lipinski definition) is 6. The Balaban J connectivity index is 1.58. The molecule has 3 aromatic rings. The number of fused-ring (bicyclic) bond motifs is 1. The third kappa shape index (κ3) is 4.99. The molecule has 0 aliphatic heterocycles. The van der Waals surface area contributed by atoms with E-state index in [1.165, 1.54) is 30.0 Å². The van der Waals surface area contributed by atoms with Gasteiger partial charge < -0.3 is 10.6 Å². The fourth-order valence-corrected chi connectivity index (χ4v) is 6.20. The summed E-state index contributed by atoms with van der Waals surface area (Å²) in [5.74, 6) is -0.316. The van der Waals surface area contributed by atoms with Crippen LogP contribution in [0.3, 0.4) is 0 Å². The molecule has 174 valence electrons. The largest absolute Gasteiger partial charge is 0.326 e. The minimum Gasteiger partial charge on any atom is -0.326 e. The zero-order chi connectivity index (χ0) is 23.7. The fraction of sp³-hybridized carbons (Fsp3) is 0.417. The molecule has 2 heterocycles. The van der Waals surface area contributed by atoms with Crippen LogP contribution < -0.4 is 16.2 Å². The minimum atomic E-state index is -0.445. The normalized spacial score (nSPS) is 15.0. The molecule has 0 spiro atoms. The van der Waals surface area contributed by atoms with Gasteiger partial charge in [-0.2, -0.15) is 0 Å². The van der Waals surface area contributed by atoms with E-state index in [1.54, 1.807) is 24.3 Å². The van der Waals surface area contributed by atoms with Gasteiger partial charge in [0.2, 0.25) is 11.8 Å². The van der Waals surface area contributed by atoms with Crippen molar-refractivity contribution < 1.29 is 9.59 Å². The maximum Gasteiger partial charge on any atom is 0.263 e. The molecule has 1 aliphatic carbocycles. The molecule has 1 fully saturated rings. The Morgan fingerprint density at radius 1 is 1.12 bits per heavy atom. The van der Waals surface area contributed by atoms with Crippen molar-refractivity contribution in [3.63, 3.8) is 0 Å².